The molecule has 0 spiro atoms. The van der Waals surface area contributed by atoms with Crippen molar-refractivity contribution in [3.63, 3.8) is 0 Å². The Morgan fingerprint density at radius 2 is 1.75 bits per heavy atom. The van der Waals surface area contributed by atoms with Crippen LogP contribution in [0.25, 0.3) is 0 Å². The minimum Gasteiger partial charge on any atom is -0.363 e. The lowest BCUT2D eigenvalue weighted by molar-refractivity contribution is 0.510. The molecule has 0 aromatic heterocycles. The van der Waals surface area contributed by atoms with E-state index in [-0.39, 0.29) is 0 Å². The van der Waals surface area contributed by atoms with Crippen LogP contribution < -0.4 is 0 Å². The third kappa shape index (κ3) is 3.00. The maximum absolute atomic E-state index is 4.85. The van der Waals surface area contributed by atoms with Gasteiger partial charge in [0.25, 0.3) is 0 Å². The molecule has 0 N–H and O–H groups in total. The second-order valence-electron chi connectivity index (χ2n) is 5.49. The molecule has 0 saturated carbocycles. The first-order valence-electron chi connectivity index (χ1n) is 7.50. The van der Waals surface area contributed by atoms with Crippen LogP contribution in [-0.2, 0) is 0 Å². The van der Waals surface area contributed by atoms with Crippen molar-refractivity contribution in [2.24, 2.45) is 9.98 Å². The summed E-state index contributed by atoms with van der Waals surface area (Å²) < 4.78 is 0. The van der Waals surface area contributed by atoms with Crippen molar-refractivity contribution < 1.29 is 0 Å². The van der Waals surface area contributed by atoms with Crippen molar-refractivity contribution in [3.8, 4) is 0 Å². The van der Waals surface area contributed by atoms with Gasteiger partial charge >= 0.3 is 0 Å². The van der Waals surface area contributed by atoms with E-state index < -0.39 is 0 Å². The summed E-state index contributed by atoms with van der Waals surface area (Å²) in [6.45, 7) is 3.26. The van der Waals surface area contributed by atoms with Crippen LogP contribution in [0.2, 0.25) is 0 Å². The molecule has 0 bridgehead atoms. The largest absolute Gasteiger partial charge is 0.363 e. The number of guanidine groups is 1. The minimum absolute atomic E-state index is 0.887. The topological polar surface area (TPSA) is 31.2 Å². The molecule has 1 aromatic rings. The molecular formula is C16H22N4. The Morgan fingerprint density at radius 3 is 2.40 bits per heavy atom. The van der Waals surface area contributed by atoms with E-state index in [0.29, 0.717) is 0 Å². The van der Waals surface area contributed by atoms with Gasteiger partial charge in [-0.2, -0.15) is 4.99 Å². The van der Waals surface area contributed by atoms with Gasteiger partial charge in [0.1, 0.15) is 5.84 Å². The molecule has 2 heterocycles. The van der Waals surface area contributed by atoms with Gasteiger partial charge in [0, 0.05) is 33.1 Å². The normalized spacial score (nSPS) is 22.1. The lowest BCUT2D eigenvalue weighted by atomic mass is 10.3. The molecule has 0 unspecified atom stereocenters. The molecule has 0 radical (unpaired) electrons. The Morgan fingerprint density at radius 1 is 1.00 bits per heavy atom. The first-order chi connectivity index (χ1) is 9.83. The fraction of sp³-hybridized carbons (Fsp3) is 0.500. The van der Waals surface area contributed by atoms with Crippen LogP contribution in [0.1, 0.15) is 25.7 Å². The van der Waals surface area contributed by atoms with Crippen LogP contribution in [0, 0.1) is 0 Å². The van der Waals surface area contributed by atoms with Crippen LogP contribution in [0.15, 0.2) is 40.3 Å². The summed E-state index contributed by atoms with van der Waals surface area (Å²) in [6, 6.07) is 10.1. The van der Waals surface area contributed by atoms with Gasteiger partial charge in [-0.1, -0.05) is 18.2 Å². The first-order valence-corrected chi connectivity index (χ1v) is 7.50. The van der Waals surface area contributed by atoms with Crippen molar-refractivity contribution in [3.05, 3.63) is 30.3 Å². The summed E-state index contributed by atoms with van der Waals surface area (Å²) in [6.07, 6.45) is 4.76. The van der Waals surface area contributed by atoms with Gasteiger partial charge in [0.15, 0.2) is 0 Å². The third-order valence-electron chi connectivity index (χ3n) is 3.94. The number of aliphatic imine (C=N–C) groups is 2. The van der Waals surface area contributed by atoms with E-state index in [9.17, 15) is 0 Å². The summed E-state index contributed by atoms with van der Waals surface area (Å²) in [5.74, 6) is 2.06. The Labute approximate surface area is 120 Å². The van der Waals surface area contributed by atoms with Gasteiger partial charge in [-0.15, -0.1) is 0 Å². The molecule has 20 heavy (non-hydrogen) atoms. The zero-order chi connectivity index (χ0) is 13.8. The standard InChI is InChI=1S/C16H22N4/c1-19-11-7-10-15(19)18-16(20-12-5-6-13-20)17-14-8-3-2-4-9-14/h2-4,8-9H,5-7,10-13H2,1H3. The highest BCUT2D eigenvalue weighted by Crippen LogP contribution is 2.17. The van der Waals surface area contributed by atoms with Crippen LogP contribution in [-0.4, -0.2) is 48.3 Å². The first kappa shape index (κ1) is 13.2. The molecule has 3 rings (SSSR count). The predicted octanol–water partition coefficient (Wildman–Crippen LogP) is 2.89. The zero-order valence-corrected chi connectivity index (χ0v) is 12.1. The van der Waals surface area contributed by atoms with Gasteiger partial charge in [-0.25, -0.2) is 4.99 Å². The zero-order valence-electron chi connectivity index (χ0n) is 12.1. The van der Waals surface area contributed by atoms with Gasteiger partial charge in [0.05, 0.1) is 5.69 Å². The second kappa shape index (κ2) is 6.07. The Hall–Kier alpha value is -1.84. The number of likely N-dealkylation sites (tertiary alicyclic amines) is 2. The van der Waals surface area contributed by atoms with E-state index >= 15 is 0 Å². The maximum Gasteiger partial charge on any atom is 0.227 e. The van der Waals surface area contributed by atoms with Crippen LogP contribution in [0.4, 0.5) is 5.69 Å². The number of hydrogen-bond donors (Lipinski definition) is 0. The van der Waals surface area contributed by atoms with Crippen molar-refractivity contribution in [1.29, 1.82) is 0 Å². The maximum atomic E-state index is 4.85. The number of para-hydroxylation sites is 1. The number of benzene rings is 1. The molecule has 1 aromatic carbocycles. The lowest BCUT2D eigenvalue weighted by Crippen LogP contribution is -2.29. The number of rotatable bonds is 1. The van der Waals surface area contributed by atoms with E-state index in [2.05, 4.69) is 16.8 Å². The van der Waals surface area contributed by atoms with E-state index in [4.69, 9.17) is 9.98 Å². The lowest BCUT2D eigenvalue weighted by Gasteiger charge is -2.19. The molecule has 2 saturated heterocycles. The summed E-state index contributed by atoms with van der Waals surface area (Å²) in [5.41, 5.74) is 0.986. The molecule has 4 heteroatoms. The molecule has 0 atom stereocenters. The van der Waals surface area contributed by atoms with Crippen molar-refractivity contribution in [1.82, 2.24) is 9.80 Å². The Bertz CT molecular complexity index is 500. The average molecular weight is 270 g/mol. The van der Waals surface area contributed by atoms with Crippen LogP contribution >= 0.6 is 0 Å². The molecule has 4 nitrogen and oxygen atoms in total. The molecule has 106 valence electrons. The number of nitrogens with zero attached hydrogens (tertiary/aromatic N) is 4. The minimum atomic E-state index is 0.887. The van der Waals surface area contributed by atoms with Gasteiger partial charge < -0.3 is 9.80 Å². The van der Waals surface area contributed by atoms with Gasteiger partial charge in [0.2, 0.25) is 5.96 Å². The molecule has 0 amide bonds. The highest BCUT2D eigenvalue weighted by molar-refractivity contribution is 5.97. The highest BCUT2D eigenvalue weighted by Gasteiger charge is 2.20. The fourth-order valence-corrected chi connectivity index (χ4v) is 2.75. The fourth-order valence-electron chi connectivity index (χ4n) is 2.75. The van der Waals surface area contributed by atoms with Crippen molar-refractivity contribution >= 4 is 17.5 Å². The molecule has 2 aliphatic heterocycles. The summed E-state index contributed by atoms with van der Waals surface area (Å²) >= 11 is 0. The molecule has 0 aliphatic carbocycles. The van der Waals surface area contributed by atoms with Crippen LogP contribution in [0.5, 0.6) is 0 Å². The summed E-state index contributed by atoms with van der Waals surface area (Å²) in [7, 11) is 2.12. The molecular weight excluding hydrogens is 248 g/mol. The SMILES string of the molecule is CN1CCCC1=NC(=Nc1ccccc1)N1CCCC1. The Balaban J connectivity index is 1.89. The van der Waals surface area contributed by atoms with Gasteiger partial charge in [-0.05, 0) is 31.4 Å². The number of amidine groups is 1. The number of hydrogen-bond acceptors (Lipinski definition) is 1. The van der Waals surface area contributed by atoms with E-state index in [1.807, 2.05) is 30.3 Å². The van der Waals surface area contributed by atoms with Crippen molar-refractivity contribution in [2.75, 3.05) is 26.7 Å². The average Bonchev–Trinajstić information content (AvgIpc) is 3.12. The van der Waals surface area contributed by atoms with Crippen LogP contribution in [0.3, 0.4) is 0 Å². The van der Waals surface area contributed by atoms with E-state index in [1.54, 1.807) is 0 Å². The van der Waals surface area contributed by atoms with Gasteiger partial charge in [-0.3, -0.25) is 0 Å². The third-order valence-corrected chi connectivity index (χ3v) is 3.94. The van der Waals surface area contributed by atoms with Crippen molar-refractivity contribution in [2.45, 2.75) is 25.7 Å². The predicted molar refractivity (Wildman–Crippen MR) is 83.6 cm³/mol. The monoisotopic (exact) mass is 270 g/mol. The van der Waals surface area contributed by atoms with E-state index in [1.165, 1.54) is 25.1 Å². The quantitative estimate of drug-likeness (QED) is 0.580. The van der Waals surface area contributed by atoms with E-state index in [0.717, 1.165) is 37.7 Å². The molecule has 2 aliphatic rings. The highest BCUT2D eigenvalue weighted by atomic mass is 15.3. The Kier molecular flexibility index (Phi) is 4.00. The summed E-state index contributed by atoms with van der Waals surface area (Å²) in [5, 5.41) is 0. The molecule has 2 fully saturated rings. The smallest absolute Gasteiger partial charge is 0.227 e. The summed E-state index contributed by atoms with van der Waals surface area (Å²) in [4.78, 5) is 14.2. The second-order valence-corrected chi connectivity index (χ2v) is 5.49.